The van der Waals surface area contributed by atoms with Crippen LogP contribution in [0.3, 0.4) is 0 Å². The average Bonchev–Trinajstić information content (AvgIpc) is 2.26. The summed E-state index contributed by atoms with van der Waals surface area (Å²) in [6, 6.07) is 4.24. The molecule has 2 aliphatic heterocycles. The number of nitrogens with one attached hydrogen (secondary N) is 11. The highest BCUT2D eigenvalue weighted by atomic mass is 16.3. The van der Waals surface area contributed by atoms with Crippen molar-refractivity contribution in [2.45, 2.75) is 152 Å². The number of aliphatic imine (C=N–C) groups is 2. The van der Waals surface area contributed by atoms with E-state index in [9.17, 15) is 53.1 Å². The molecular formula is C59H85N19O11. The van der Waals surface area contributed by atoms with Crippen molar-refractivity contribution < 1.29 is 53.1 Å². The number of carbonyl (C=O) groups is 10. The Balaban J connectivity index is 1.24. The van der Waals surface area contributed by atoms with E-state index in [-0.39, 0.29) is 113 Å². The van der Waals surface area contributed by atoms with Crippen molar-refractivity contribution >= 4 is 81.9 Å². The number of nitrogens with two attached hydrogens (primary N) is 4. The molecule has 2 aromatic carbocycles. The molecule has 30 nitrogen and oxygen atoms in total. The highest BCUT2D eigenvalue weighted by Crippen LogP contribution is 2.22. The fraction of sp³-hybridized carbons (Fsp3) is 0.508. The predicted octanol–water partition coefficient (Wildman–Crippen LogP) is -3.14. The van der Waals surface area contributed by atoms with Crippen LogP contribution in [0, 0.1) is 5.92 Å². The number of guanidine groups is 2. The number of nitrogens with zero attached hydrogens (tertiary/aromatic N) is 4. The molecule has 9 atom stereocenters. The van der Waals surface area contributed by atoms with Gasteiger partial charge in [-0.3, -0.25) is 57.9 Å². The molecule has 2 aromatic heterocycles. The number of H-pyrrole nitrogens is 2. The summed E-state index contributed by atoms with van der Waals surface area (Å²) in [6.45, 7) is 5.18. The van der Waals surface area contributed by atoms with E-state index < -0.39 is 108 Å². The first kappa shape index (κ1) is 68.5. The number of carbonyl (C=O) groups excluding carboxylic acids is 10. The fourth-order valence-corrected chi connectivity index (χ4v) is 10.6. The molecule has 4 heterocycles. The Morgan fingerprint density at radius 3 is 1.83 bits per heavy atom. The van der Waals surface area contributed by atoms with E-state index >= 15 is 0 Å². The standard InChI is InChI=1S/C59H85N19O11/c1-4-65-56(88)47-19-12-24-78(47)57(89)41(18-11-23-67-59(62)63)72-51(83)42(25-33(2)3)73-49(81)39(17-10-22-66-58(60)61)71-52(84)43(26-34-13-6-5-7-14-34)74-55(87)46(31-79)77-53(85)44(27-35-29-68-38-16-9-8-15-37(35)38)75-54(86)45(28-36-30-64-32-69-36)76-50(82)40-20-21-48(80)70-40/h5-9,13-16,29-30,32-33,39-47,68,79H,4,10-12,17-28,31H2,1-3H3,(H,64,69)(H,65,88)(H,70,80)(H,71,84)(H,72,83)(H,73,81)(H,74,87)(H,75,86)(H,76,82)(H,77,85)(H4,60,61,66)(H4,62,63,67)/t39-,40+,41+,42+,43+,44+,45+,46+,47+/m1/s1. The molecule has 10 amide bonds. The van der Waals surface area contributed by atoms with E-state index in [4.69, 9.17) is 22.9 Å². The number of likely N-dealkylation sites (tertiary alicyclic amines) is 1. The zero-order valence-corrected chi connectivity index (χ0v) is 50.4. The second kappa shape index (κ2) is 34.1. The lowest BCUT2D eigenvalue weighted by atomic mass is 10.0. The third-order valence-electron chi connectivity index (χ3n) is 15.1. The summed E-state index contributed by atoms with van der Waals surface area (Å²) < 4.78 is 0. The summed E-state index contributed by atoms with van der Waals surface area (Å²) in [5.74, 6) is -7.59. The van der Waals surface area contributed by atoms with E-state index in [0.29, 0.717) is 41.6 Å². The highest BCUT2D eigenvalue weighted by molar-refractivity contribution is 5.99. The van der Waals surface area contributed by atoms with E-state index in [2.05, 4.69) is 72.8 Å². The Morgan fingerprint density at radius 2 is 1.22 bits per heavy atom. The number of benzene rings is 2. The van der Waals surface area contributed by atoms with Gasteiger partial charge in [-0.25, -0.2) is 4.98 Å². The number of fused-ring (bicyclic) bond motifs is 1. The quantitative estimate of drug-likeness (QED) is 0.0125. The second-order valence-corrected chi connectivity index (χ2v) is 22.4. The van der Waals surface area contributed by atoms with Gasteiger partial charge in [-0.1, -0.05) is 62.4 Å². The van der Waals surface area contributed by atoms with Gasteiger partial charge in [0.2, 0.25) is 59.1 Å². The van der Waals surface area contributed by atoms with Crippen molar-refractivity contribution in [1.82, 2.24) is 67.7 Å². The van der Waals surface area contributed by atoms with Crippen molar-refractivity contribution in [3.8, 4) is 0 Å². The molecular weight excluding hydrogens is 1150 g/mol. The minimum atomic E-state index is -1.75. The van der Waals surface area contributed by atoms with Crippen LogP contribution in [-0.4, -0.2) is 183 Å². The summed E-state index contributed by atoms with van der Waals surface area (Å²) in [5, 5.41) is 35.8. The minimum absolute atomic E-state index is 0.0266. The number of aliphatic hydroxyl groups excluding tert-OH is 1. The van der Waals surface area contributed by atoms with Crippen LogP contribution in [0.1, 0.15) is 95.4 Å². The molecule has 0 bridgehead atoms. The molecule has 482 valence electrons. The molecule has 2 aliphatic rings. The van der Waals surface area contributed by atoms with Crippen LogP contribution in [0.2, 0.25) is 0 Å². The van der Waals surface area contributed by atoms with Crippen molar-refractivity contribution in [1.29, 1.82) is 0 Å². The molecule has 0 aliphatic carbocycles. The fourth-order valence-electron chi connectivity index (χ4n) is 10.6. The van der Waals surface area contributed by atoms with Gasteiger partial charge in [-0.2, -0.15) is 0 Å². The highest BCUT2D eigenvalue weighted by Gasteiger charge is 2.40. The number of rotatable bonds is 34. The first-order valence-corrected chi connectivity index (χ1v) is 29.9. The smallest absolute Gasteiger partial charge is 0.245 e. The first-order valence-electron chi connectivity index (χ1n) is 29.9. The number of likely N-dealkylation sites (N-methyl/N-ethyl adjacent to an activating group) is 1. The molecule has 0 spiro atoms. The lowest BCUT2D eigenvalue weighted by Crippen LogP contribution is -2.61. The molecule has 30 heteroatoms. The number of para-hydroxylation sites is 1. The summed E-state index contributed by atoms with van der Waals surface area (Å²) in [7, 11) is 0. The Labute approximate surface area is 514 Å². The summed E-state index contributed by atoms with van der Waals surface area (Å²) in [5.41, 5.74) is 24.6. The maximum Gasteiger partial charge on any atom is 0.245 e. The van der Waals surface area contributed by atoms with Gasteiger partial charge >= 0.3 is 0 Å². The van der Waals surface area contributed by atoms with Crippen LogP contribution in [-0.2, 0) is 67.2 Å². The van der Waals surface area contributed by atoms with Gasteiger partial charge in [-0.05, 0) is 81.4 Å². The van der Waals surface area contributed by atoms with Gasteiger partial charge in [0.15, 0.2) is 11.9 Å². The van der Waals surface area contributed by atoms with Crippen molar-refractivity contribution in [3.63, 3.8) is 0 Å². The molecule has 2 saturated heterocycles. The summed E-state index contributed by atoms with van der Waals surface area (Å²) in [4.78, 5) is 160. The number of aromatic amines is 2. The number of hydrogen-bond acceptors (Lipinski definition) is 14. The topological polar surface area (TPSA) is 476 Å². The van der Waals surface area contributed by atoms with Crippen molar-refractivity contribution in [3.05, 3.63) is 90.1 Å². The zero-order chi connectivity index (χ0) is 64.6. The van der Waals surface area contributed by atoms with Gasteiger partial charge in [0.25, 0.3) is 0 Å². The summed E-state index contributed by atoms with van der Waals surface area (Å²) >= 11 is 0. The Hall–Kier alpha value is -9.61. The lowest BCUT2D eigenvalue weighted by Gasteiger charge is -2.30. The van der Waals surface area contributed by atoms with Gasteiger partial charge in [-0.15, -0.1) is 0 Å². The van der Waals surface area contributed by atoms with Crippen LogP contribution in [0.4, 0.5) is 0 Å². The van der Waals surface area contributed by atoms with Crippen LogP contribution in [0.25, 0.3) is 10.9 Å². The van der Waals surface area contributed by atoms with E-state index in [1.165, 1.54) is 17.4 Å². The van der Waals surface area contributed by atoms with Gasteiger partial charge in [0.1, 0.15) is 54.4 Å². The molecule has 20 N–H and O–H groups in total. The van der Waals surface area contributed by atoms with E-state index in [0.717, 1.165) is 5.52 Å². The molecule has 2 fully saturated rings. The molecule has 0 saturated carbocycles. The number of amides is 10. The zero-order valence-electron chi connectivity index (χ0n) is 50.4. The number of aliphatic hydroxyl groups is 1. The number of imidazole rings is 1. The average molecular weight is 1240 g/mol. The monoisotopic (exact) mass is 1240 g/mol. The molecule has 4 aromatic rings. The van der Waals surface area contributed by atoms with E-state index in [1.54, 1.807) is 61.7 Å². The van der Waals surface area contributed by atoms with Crippen LogP contribution in [0.5, 0.6) is 0 Å². The maximum absolute atomic E-state index is 14.8. The SMILES string of the molecule is CCNC(=O)[C@@H]1CCCN1C(=O)[C@H](CCCN=C(N)N)NC(=O)[C@H](CC(C)C)NC(=O)[C@@H](CCCN=C(N)N)NC(=O)[C@H](Cc1ccccc1)NC(=O)[C@H](CO)NC(=O)[C@H](Cc1c[nH]c2ccccc12)NC(=O)[C@H](Cc1cnc[nH]1)NC(=O)[C@@H]1CCC(=O)N1. The minimum Gasteiger partial charge on any atom is -0.394 e. The van der Waals surface area contributed by atoms with Gasteiger partial charge in [0.05, 0.1) is 12.9 Å². The summed E-state index contributed by atoms with van der Waals surface area (Å²) in [6.07, 6.45) is 5.79. The number of aromatic nitrogens is 3. The molecule has 0 radical (unpaired) electrons. The van der Waals surface area contributed by atoms with Crippen LogP contribution in [0.15, 0.2) is 83.3 Å². The normalized spacial score (nSPS) is 16.9. The maximum atomic E-state index is 14.8. The Bertz CT molecular complexity index is 3130. The first-order chi connectivity index (χ1) is 42.6. The number of hydrogen-bond donors (Lipinski definition) is 16. The van der Waals surface area contributed by atoms with Crippen LogP contribution >= 0.6 is 0 Å². The molecule has 6 rings (SSSR count). The third-order valence-corrected chi connectivity index (χ3v) is 15.1. The molecule has 89 heavy (non-hydrogen) atoms. The molecule has 0 unspecified atom stereocenters. The Kier molecular flexibility index (Phi) is 26.2. The van der Waals surface area contributed by atoms with Crippen LogP contribution < -0.4 is 70.8 Å². The lowest BCUT2D eigenvalue weighted by molar-refractivity contribution is -0.142. The third kappa shape index (κ3) is 21.1. The van der Waals surface area contributed by atoms with Crippen molar-refractivity contribution in [2.24, 2.45) is 38.8 Å². The van der Waals surface area contributed by atoms with Gasteiger partial charge in [0, 0.05) is 80.9 Å². The largest absolute Gasteiger partial charge is 0.394 e. The predicted molar refractivity (Wildman–Crippen MR) is 329 cm³/mol. The van der Waals surface area contributed by atoms with Gasteiger partial charge < -0.3 is 90.8 Å². The van der Waals surface area contributed by atoms with Crippen molar-refractivity contribution in [2.75, 3.05) is 32.8 Å². The second-order valence-electron chi connectivity index (χ2n) is 22.4. The van der Waals surface area contributed by atoms with E-state index in [1.807, 2.05) is 19.9 Å². The Morgan fingerprint density at radius 1 is 0.663 bits per heavy atom.